The lowest BCUT2D eigenvalue weighted by atomic mass is 9.85. The Morgan fingerprint density at radius 1 is 1.41 bits per heavy atom. The molecule has 2 aliphatic rings. The summed E-state index contributed by atoms with van der Waals surface area (Å²) >= 11 is 0. The Bertz CT molecular complexity index is 469. The maximum Gasteiger partial charge on any atom is 0.318 e. The van der Waals surface area contributed by atoms with Crippen molar-refractivity contribution in [3.63, 3.8) is 0 Å². The first-order valence-electron chi connectivity index (χ1n) is 7.35. The summed E-state index contributed by atoms with van der Waals surface area (Å²) in [5, 5.41) is 8.83. The molecule has 0 bridgehead atoms. The SMILES string of the molecule is CS(=O)(=O)N(CC(=O)O)CC1CN(CC2CCC2)CCO1.Cl. The molecule has 0 spiro atoms. The molecule has 1 aliphatic carbocycles. The number of hydrogen-bond acceptors (Lipinski definition) is 5. The van der Waals surface area contributed by atoms with Crippen molar-refractivity contribution >= 4 is 28.4 Å². The number of nitrogens with zero attached hydrogens (tertiary/aromatic N) is 2. The van der Waals surface area contributed by atoms with Crippen LogP contribution < -0.4 is 0 Å². The third-order valence-electron chi connectivity index (χ3n) is 4.15. The van der Waals surface area contributed by atoms with E-state index < -0.39 is 22.5 Å². The second-order valence-corrected chi connectivity index (χ2v) is 7.98. The molecular formula is C13H25ClN2O5S. The molecule has 0 aromatic heterocycles. The molecule has 9 heteroatoms. The Labute approximate surface area is 138 Å². The molecule has 0 aromatic carbocycles. The van der Waals surface area contributed by atoms with E-state index in [1.165, 1.54) is 19.3 Å². The van der Waals surface area contributed by atoms with Crippen molar-refractivity contribution in [1.82, 2.24) is 9.21 Å². The van der Waals surface area contributed by atoms with Gasteiger partial charge in [0.1, 0.15) is 6.54 Å². The molecule has 1 aliphatic heterocycles. The molecule has 1 saturated carbocycles. The first-order chi connectivity index (χ1) is 9.84. The minimum absolute atomic E-state index is 0. The van der Waals surface area contributed by atoms with Crippen molar-refractivity contribution in [2.75, 3.05) is 45.6 Å². The average molecular weight is 357 g/mol. The van der Waals surface area contributed by atoms with Crippen molar-refractivity contribution in [2.45, 2.75) is 25.4 Å². The minimum Gasteiger partial charge on any atom is -0.480 e. The number of rotatable bonds is 7. The van der Waals surface area contributed by atoms with Crippen molar-refractivity contribution in [3.05, 3.63) is 0 Å². The van der Waals surface area contributed by atoms with Gasteiger partial charge < -0.3 is 9.84 Å². The fraction of sp³-hybridized carbons (Fsp3) is 0.923. The van der Waals surface area contributed by atoms with Gasteiger partial charge in [-0.05, 0) is 18.8 Å². The summed E-state index contributed by atoms with van der Waals surface area (Å²) in [5.74, 6) is -0.392. The lowest BCUT2D eigenvalue weighted by Crippen LogP contribution is -2.50. The van der Waals surface area contributed by atoms with Gasteiger partial charge in [-0.1, -0.05) is 6.42 Å². The predicted octanol–water partition coefficient (Wildman–Crippen LogP) is 0.255. The van der Waals surface area contributed by atoms with Gasteiger partial charge in [0, 0.05) is 26.2 Å². The van der Waals surface area contributed by atoms with Gasteiger partial charge in [-0.2, -0.15) is 4.31 Å². The van der Waals surface area contributed by atoms with Crippen LogP contribution in [-0.2, 0) is 19.6 Å². The molecule has 1 atom stereocenters. The molecule has 2 rings (SSSR count). The van der Waals surface area contributed by atoms with Crippen molar-refractivity contribution < 1.29 is 23.1 Å². The summed E-state index contributed by atoms with van der Waals surface area (Å²) in [6, 6.07) is 0. The van der Waals surface area contributed by atoms with Crippen LogP contribution in [0.2, 0.25) is 0 Å². The maximum absolute atomic E-state index is 11.6. The van der Waals surface area contributed by atoms with Crippen molar-refractivity contribution in [3.8, 4) is 0 Å². The normalized spacial score (nSPS) is 23.8. The van der Waals surface area contributed by atoms with Crippen LogP contribution in [-0.4, -0.2) is 80.4 Å². The van der Waals surface area contributed by atoms with Crippen molar-refractivity contribution in [1.29, 1.82) is 0 Å². The van der Waals surface area contributed by atoms with Gasteiger partial charge in [-0.25, -0.2) is 8.42 Å². The van der Waals surface area contributed by atoms with E-state index in [0.717, 1.165) is 29.6 Å². The standard InChI is InChI=1S/C13H24N2O5S.ClH/c1-21(18,19)15(10-13(16)17)9-12-8-14(5-6-20-12)7-11-3-2-4-11;/h11-12H,2-10H2,1H3,(H,16,17);1H. The molecule has 7 nitrogen and oxygen atoms in total. The lowest BCUT2D eigenvalue weighted by molar-refractivity contribution is -0.137. The zero-order chi connectivity index (χ0) is 15.5. The Kier molecular flexibility index (Phi) is 7.54. The summed E-state index contributed by atoms with van der Waals surface area (Å²) in [6.07, 6.45) is 4.63. The van der Waals surface area contributed by atoms with E-state index in [9.17, 15) is 13.2 Å². The molecule has 0 aromatic rings. The third kappa shape index (κ3) is 6.00. The summed E-state index contributed by atoms with van der Waals surface area (Å²) < 4.78 is 29.9. The van der Waals surface area contributed by atoms with Crippen LogP contribution in [0.3, 0.4) is 0 Å². The van der Waals surface area contributed by atoms with E-state index in [4.69, 9.17) is 9.84 Å². The highest BCUT2D eigenvalue weighted by molar-refractivity contribution is 7.88. The largest absolute Gasteiger partial charge is 0.480 e. The third-order valence-corrected chi connectivity index (χ3v) is 5.37. The van der Waals surface area contributed by atoms with E-state index in [1.807, 2.05) is 0 Å². The summed E-state index contributed by atoms with van der Waals surface area (Å²) in [6.45, 7) is 2.74. The van der Waals surface area contributed by atoms with E-state index in [1.54, 1.807) is 0 Å². The van der Waals surface area contributed by atoms with E-state index in [-0.39, 0.29) is 25.1 Å². The van der Waals surface area contributed by atoms with Gasteiger partial charge in [-0.15, -0.1) is 12.4 Å². The molecular weight excluding hydrogens is 332 g/mol. The number of sulfonamides is 1. The molecule has 1 N–H and O–H groups in total. The van der Waals surface area contributed by atoms with Crippen LogP contribution in [0.25, 0.3) is 0 Å². The van der Waals surface area contributed by atoms with Crippen molar-refractivity contribution in [2.24, 2.45) is 5.92 Å². The zero-order valence-corrected chi connectivity index (χ0v) is 14.4. The van der Waals surface area contributed by atoms with Crippen LogP contribution in [0, 0.1) is 5.92 Å². The Morgan fingerprint density at radius 2 is 2.09 bits per heavy atom. The van der Waals surface area contributed by atoms with Crippen LogP contribution >= 0.6 is 12.4 Å². The number of carbonyl (C=O) groups is 1. The van der Waals surface area contributed by atoms with Gasteiger partial charge in [-0.3, -0.25) is 9.69 Å². The van der Waals surface area contributed by atoms with Crippen LogP contribution in [0.5, 0.6) is 0 Å². The quantitative estimate of drug-likeness (QED) is 0.704. The second-order valence-electron chi connectivity index (χ2n) is 6.00. The molecule has 0 radical (unpaired) electrons. The number of carboxylic acids is 1. The second kappa shape index (κ2) is 8.44. The summed E-state index contributed by atoms with van der Waals surface area (Å²) in [5.41, 5.74) is 0. The first kappa shape index (κ1) is 19.6. The summed E-state index contributed by atoms with van der Waals surface area (Å²) in [7, 11) is -3.54. The fourth-order valence-corrected chi connectivity index (χ4v) is 3.57. The van der Waals surface area contributed by atoms with E-state index in [2.05, 4.69) is 4.90 Å². The Morgan fingerprint density at radius 3 is 2.59 bits per heavy atom. The number of ether oxygens (including phenoxy) is 1. The number of aliphatic carboxylic acids is 1. The van der Waals surface area contributed by atoms with Gasteiger partial charge in [0.25, 0.3) is 0 Å². The molecule has 2 fully saturated rings. The predicted molar refractivity (Wildman–Crippen MR) is 84.8 cm³/mol. The number of carboxylic acid groups (broad SMARTS) is 1. The molecule has 1 saturated heterocycles. The smallest absolute Gasteiger partial charge is 0.318 e. The topological polar surface area (TPSA) is 87.2 Å². The molecule has 1 heterocycles. The summed E-state index contributed by atoms with van der Waals surface area (Å²) in [4.78, 5) is 13.1. The molecule has 1 unspecified atom stereocenters. The molecule has 0 amide bonds. The molecule has 130 valence electrons. The number of hydrogen-bond donors (Lipinski definition) is 1. The average Bonchev–Trinajstić information content (AvgIpc) is 2.32. The zero-order valence-electron chi connectivity index (χ0n) is 12.8. The lowest BCUT2D eigenvalue weighted by Gasteiger charge is -2.38. The Hall–Kier alpha value is -0.410. The van der Waals surface area contributed by atoms with Crippen LogP contribution in [0.1, 0.15) is 19.3 Å². The monoisotopic (exact) mass is 356 g/mol. The fourth-order valence-electron chi connectivity index (χ4n) is 2.79. The van der Waals surface area contributed by atoms with E-state index >= 15 is 0 Å². The van der Waals surface area contributed by atoms with E-state index in [0.29, 0.717) is 13.2 Å². The number of halogens is 1. The first-order valence-corrected chi connectivity index (χ1v) is 9.20. The number of morpholine rings is 1. The maximum atomic E-state index is 11.6. The van der Waals surface area contributed by atoms with Gasteiger partial charge in [0.2, 0.25) is 10.0 Å². The highest BCUT2D eigenvalue weighted by Gasteiger charge is 2.29. The van der Waals surface area contributed by atoms with Crippen LogP contribution in [0.4, 0.5) is 0 Å². The van der Waals surface area contributed by atoms with Gasteiger partial charge in [0.05, 0.1) is 19.0 Å². The molecule has 22 heavy (non-hydrogen) atoms. The van der Waals surface area contributed by atoms with Gasteiger partial charge >= 0.3 is 5.97 Å². The minimum atomic E-state index is -3.54. The Balaban J connectivity index is 0.00000242. The van der Waals surface area contributed by atoms with Crippen LogP contribution in [0.15, 0.2) is 0 Å². The highest BCUT2D eigenvalue weighted by Crippen LogP contribution is 2.27. The highest BCUT2D eigenvalue weighted by atomic mass is 35.5. The van der Waals surface area contributed by atoms with Gasteiger partial charge in [0.15, 0.2) is 0 Å².